The Hall–Kier alpha value is -2.38. The first-order chi connectivity index (χ1) is 13.5. The van der Waals surface area contributed by atoms with Gasteiger partial charge in [-0.25, -0.2) is 4.39 Å². The number of thioether (sulfide) groups is 1. The molecule has 28 heavy (non-hydrogen) atoms. The largest absolute Gasteiger partial charge is 0.375 e. The summed E-state index contributed by atoms with van der Waals surface area (Å²) in [5.41, 5.74) is 2.96. The Bertz CT molecular complexity index is 951. The van der Waals surface area contributed by atoms with Gasteiger partial charge in [-0.3, -0.25) is 9.59 Å². The van der Waals surface area contributed by atoms with Crippen LogP contribution in [-0.2, 0) is 25.7 Å². The van der Waals surface area contributed by atoms with E-state index in [0.29, 0.717) is 17.9 Å². The van der Waals surface area contributed by atoms with Crippen LogP contribution in [0.5, 0.6) is 0 Å². The molecule has 2 aliphatic rings. The molecule has 1 spiro atoms. The average molecular weight is 400 g/mol. The Kier molecular flexibility index (Phi) is 4.89. The van der Waals surface area contributed by atoms with E-state index in [2.05, 4.69) is 0 Å². The summed E-state index contributed by atoms with van der Waals surface area (Å²) >= 11 is 1.46. The lowest BCUT2D eigenvalue weighted by Gasteiger charge is -2.33. The summed E-state index contributed by atoms with van der Waals surface area (Å²) in [6, 6.07) is 12.2. The summed E-state index contributed by atoms with van der Waals surface area (Å²) in [6.45, 7) is 2.47. The zero-order valence-electron chi connectivity index (χ0n) is 15.8. The quantitative estimate of drug-likeness (QED) is 0.792. The standard InChI is InChI=1S/C21H21FN2O3S/c1-14-7-8-18-16(11-14)21(24(9-10-28-21)19(25)13-27-2)20(26)23(18)12-15-5-3-4-6-17(15)22/h3-8,11H,9-10,12-13H2,1-2H3. The number of ether oxygens (including phenoxy) is 1. The van der Waals surface area contributed by atoms with E-state index < -0.39 is 4.87 Å². The Labute approximate surface area is 167 Å². The highest BCUT2D eigenvalue weighted by Gasteiger charge is 2.59. The van der Waals surface area contributed by atoms with E-state index in [1.54, 1.807) is 28.0 Å². The summed E-state index contributed by atoms with van der Waals surface area (Å²) in [5.74, 6) is -0.122. The van der Waals surface area contributed by atoms with E-state index >= 15 is 0 Å². The first-order valence-electron chi connectivity index (χ1n) is 9.09. The molecule has 2 aromatic carbocycles. The number of fused-ring (bicyclic) bond motifs is 2. The van der Waals surface area contributed by atoms with Crippen LogP contribution in [0.4, 0.5) is 10.1 Å². The number of halogens is 1. The van der Waals surface area contributed by atoms with Crippen molar-refractivity contribution in [1.82, 2.24) is 4.90 Å². The Morgan fingerprint density at radius 3 is 2.82 bits per heavy atom. The van der Waals surface area contributed by atoms with Crippen LogP contribution in [0.3, 0.4) is 0 Å². The normalized spacial score (nSPS) is 20.9. The highest BCUT2D eigenvalue weighted by atomic mass is 32.2. The molecular weight excluding hydrogens is 379 g/mol. The van der Waals surface area contributed by atoms with Gasteiger partial charge in [0.2, 0.25) is 5.91 Å². The molecule has 0 bridgehead atoms. The third-order valence-corrected chi connectivity index (χ3v) is 6.62. The van der Waals surface area contributed by atoms with Crippen LogP contribution in [0, 0.1) is 12.7 Å². The molecule has 2 aromatic rings. The Balaban J connectivity index is 1.81. The van der Waals surface area contributed by atoms with Gasteiger partial charge in [0.25, 0.3) is 5.91 Å². The number of benzene rings is 2. The van der Waals surface area contributed by atoms with E-state index in [0.717, 1.165) is 16.8 Å². The number of nitrogens with zero attached hydrogens (tertiary/aromatic N) is 2. The molecule has 4 rings (SSSR count). The topological polar surface area (TPSA) is 49.9 Å². The molecule has 0 aromatic heterocycles. The fraction of sp³-hybridized carbons (Fsp3) is 0.333. The number of methoxy groups -OCH3 is 1. The summed E-state index contributed by atoms with van der Waals surface area (Å²) < 4.78 is 19.3. The van der Waals surface area contributed by atoms with E-state index in [4.69, 9.17) is 4.74 Å². The van der Waals surface area contributed by atoms with Crippen LogP contribution in [0.25, 0.3) is 0 Å². The van der Waals surface area contributed by atoms with Gasteiger partial charge in [0.1, 0.15) is 12.4 Å². The lowest BCUT2D eigenvalue weighted by Crippen LogP contribution is -2.51. The minimum absolute atomic E-state index is 0.0793. The Morgan fingerprint density at radius 1 is 1.29 bits per heavy atom. The van der Waals surface area contributed by atoms with Gasteiger partial charge in [0.05, 0.1) is 12.2 Å². The molecule has 0 radical (unpaired) electrons. The van der Waals surface area contributed by atoms with Gasteiger partial charge in [-0.2, -0.15) is 0 Å². The van der Waals surface area contributed by atoms with Crippen LogP contribution in [0.2, 0.25) is 0 Å². The van der Waals surface area contributed by atoms with Crippen molar-refractivity contribution in [2.45, 2.75) is 18.3 Å². The van der Waals surface area contributed by atoms with Crippen LogP contribution in [0.15, 0.2) is 42.5 Å². The van der Waals surface area contributed by atoms with Crippen molar-refractivity contribution in [3.05, 3.63) is 65.0 Å². The van der Waals surface area contributed by atoms with Crippen LogP contribution in [0.1, 0.15) is 16.7 Å². The maximum atomic E-state index is 14.3. The predicted molar refractivity (Wildman–Crippen MR) is 106 cm³/mol. The average Bonchev–Trinajstić information content (AvgIpc) is 3.21. The van der Waals surface area contributed by atoms with Gasteiger partial charge in [0, 0.05) is 30.5 Å². The van der Waals surface area contributed by atoms with Crippen molar-refractivity contribution < 1.29 is 18.7 Å². The second-order valence-corrected chi connectivity index (χ2v) is 8.26. The zero-order valence-corrected chi connectivity index (χ0v) is 16.6. The third-order valence-electron chi connectivity index (χ3n) is 5.20. The minimum Gasteiger partial charge on any atom is -0.375 e. The number of amides is 2. The van der Waals surface area contributed by atoms with E-state index in [1.807, 2.05) is 25.1 Å². The summed E-state index contributed by atoms with van der Waals surface area (Å²) in [5, 5.41) is 0. The maximum absolute atomic E-state index is 14.3. The van der Waals surface area contributed by atoms with Crippen LogP contribution < -0.4 is 4.90 Å². The predicted octanol–water partition coefficient (Wildman–Crippen LogP) is 3.06. The molecule has 146 valence electrons. The SMILES string of the molecule is COCC(=O)N1CCSC12C(=O)N(Cc1ccccc1F)c1ccc(C)cc12. The van der Waals surface area contributed by atoms with Gasteiger partial charge in [-0.15, -0.1) is 11.8 Å². The molecule has 1 saturated heterocycles. The van der Waals surface area contributed by atoms with Crippen molar-refractivity contribution in [2.24, 2.45) is 0 Å². The fourth-order valence-corrected chi connectivity index (χ4v) is 5.41. The van der Waals surface area contributed by atoms with Crippen molar-refractivity contribution in [2.75, 3.05) is 30.9 Å². The highest BCUT2D eigenvalue weighted by Crippen LogP contribution is 2.54. The molecule has 7 heteroatoms. The summed E-state index contributed by atoms with van der Waals surface area (Å²) in [4.78, 5) is 28.5. The van der Waals surface area contributed by atoms with Crippen molar-refractivity contribution in [3.8, 4) is 0 Å². The molecule has 1 atom stereocenters. The molecule has 1 unspecified atom stereocenters. The van der Waals surface area contributed by atoms with Gasteiger partial charge >= 0.3 is 0 Å². The monoisotopic (exact) mass is 400 g/mol. The molecule has 1 fully saturated rings. The number of rotatable bonds is 4. The molecule has 0 N–H and O–H groups in total. The first-order valence-corrected chi connectivity index (χ1v) is 10.1. The third kappa shape index (κ3) is 2.81. The van der Waals surface area contributed by atoms with E-state index in [9.17, 15) is 14.0 Å². The van der Waals surface area contributed by atoms with Crippen molar-refractivity contribution in [3.63, 3.8) is 0 Å². The molecule has 2 aliphatic heterocycles. The second kappa shape index (κ2) is 7.22. The lowest BCUT2D eigenvalue weighted by atomic mass is 10.0. The highest BCUT2D eigenvalue weighted by molar-refractivity contribution is 8.01. The second-order valence-electron chi connectivity index (χ2n) is 6.97. The summed E-state index contributed by atoms with van der Waals surface area (Å²) in [6.07, 6.45) is 0. The van der Waals surface area contributed by atoms with Gasteiger partial charge in [0.15, 0.2) is 4.87 Å². The van der Waals surface area contributed by atoms with Gasteiger partial charge in [-0.05, 0) is 19.1 Å². The van der Waals surface area contributed by atoms with E-state index in [1.165, 1.54) is 24.9 Å². The van der Waals surface area contributed by atoms with Crippen molar-refractivity contribution in [1.29, 1.82) is 0 Å². The Morgan fingerprint density at radius 2 is 2.07 bits per heavy atom. The molecule has 2 heterocycles. The van der Waals surface area contributed by atoms with E-state index in [-0.39, 0.29) is 30.8 Å². The van der Waals surface area contributed by atoms with Gasteiger partial charge in [-0.1, -0.05) is 35.9 Å². The lowest BCUT2D eigenvalue weighted by molar-refractivity contribution is -0.143. The fourth-order valence-electron chi connectivity index (χ4n) is 3.94. The smallest absolute Gasteiger partial charge is 0.268 e. The number of carbonyl (C=O) groups excluding carboxylic acids is 2. The van der Waals surface area contributed by atoms with Gasteiger partial charge < -0.3 is 14.5 Å². The van der Waals surface area contributed by atoms with Crippen LogP contribution in [-0.4, -0.2) is 42.7 Å². The number of carbonyl (C=O) groups is 2. The zero-order chi connectivity index (χ0) is 19.9. The molecular formula is C21H21FN2O3S. The molecule has 0 aliphatic carbocycles. The maximum Gasteiger partial charge on any atom is 0.268 e. The molecule has 0 saturated carbocycles. The summed E-state index contributed by atoms with van der Waals surface area (Å²) in [7, 11) is 1.47. The number of hydrogen-bond acceptors (Lipinski definition) is 4. The molecule has 2 amide bonds. The number of anilines is 1. The molecule has 5 nitrogen and oxygen atoms in total. The van der Waals surface area contributed by atoms with Crippen LogP contribution >= 0.6 is 11.8 Å². The number of aryl methyl sites for hydroxylation is 1. The minimum atomic E-state index is -1.11. The van der Waals surface area contributed by atoms with Crippen molar-refractivity contribution >= 4 is 29.3 Å². The number of hydrogen-bond donors (Lipinski definition) is 0. The first kappa shape index (κ1) is 19.0.